The minimum Gasteiger partial charge on any atom is -0.481 e. The smallest absolute Gasteiger partial charge is 0.306 e. The van der Waals surface area contributed by atoms with Crippen molar-refractivity contribution in [1.82, 2.24) is 4.90 Å². The number of aliphatic carboxylic acids is 1. The molecule has 0 amide bonds. The minimum absolute atomic E-state index is 0.189. The maximum atomic E-state index is 11.2. The van der Waals surface area contributed by atoms with E-state index in [1.807, 2.05) is 11.3 Å². The van der Waals surface area contributed by atoms with Gasteiger partial charge in [-0.2, -0.15) is 0 Å². The molecule has 2 heterocycles. The van der Waals surface area contributed by atoms with Gasteiger partial charge in [-0.1, -0.05) is 12.1 Å². The lowest BCUT2D eigenvalue weighted by atomic mass is 9.94. The number of piperidine rings is 1. The number of thioether (sulfide) groups is 1. The first kappa shape index (κ1) is 17.5. The Balaban J connectivity index is 1.86. The van der Waals surface area contributed by atoms with Gasteiger partial charge in [0.2, 0.25) is 0 Å². The standard InChI is InChI=1S/C19H23NO2S2/c1-13-3-8-17(24-13)18(14-4-6-16(23-2)7-5-14)20-11-9-15(10-12-20)19(21)22/h3-8,15,18H,9-12H2,1-2H3,(H,21,22). The predicted molar refractivity (Wildman–Crippen MR) is 101 cm³/mol. The summed E-state index contributed by atoms with van der Waals surface area (Å²) in [6.45, 7) is 3.81. The lowest BCUT2D eigenvalue weighted by Gasteiger charge is -2.36. The molecule has 0 saturated carbocycles. The van der Waals surface area contributed by atoms with Crippen LogP contribution in [0.2, 0.25) is 0 Å². The molecule has 1 aliphatic heterocycles. The molecule has 24 heavy (non-hydrogen) atoms. The number of carboxylic acid groups (broad SMARTS) is 1. The third-order valence-electron chi connectivity index (χ3n) is 4.71. The first-order valence-corrected chi connectivity index (χ1v) is 10.3. The summed E-state index contributed by atoms with van der Waals surface area (Å²) < 4.78 is 0. The molecule has 1 atom stereocenters. The van der Waals surface area contributed by atoms with Gasteiger partial charge in [0.15, 0.2) is 0 Å². The van der Waals surface area contributed by atoms with Gasteiger partial charge in [0.25, 0.3) is 0 Å². The molecule has 0 aliphatic carbocycles. The molecule has 0 spiro atoms. The van der Waals surface area contributed by atoms with Crippen molar-refractivity contribution in [3.05, 3.63) is 51.7 Å². The van der Waals surface area contributed by atoms with Crippen LogP contribution in [0.5, 0.6) is 0 Å². The van der Waals surface area contributed by atoms with E-state index in [1.165, 1.54) is 20.2 Å². The third kappa shape index (κ3) is 3.85. The van der Waals surface area contributed by atoms with Crippen LogP contribution in [0.25, 0.3) is 0 Å². The number of aryl methyl sites for hydroxylation is 1. The molecule has 1 unspecified atom stereocenters. The van der Waals surface area contributed by atoms with Gasteiger partial charge in [-0.25, -0.2) is 0 Å². The van der Waals surface area contributed by atoms with E-state index in [0.717, 1.165) is 25.9 Å². The van der Waals surface area contributed by atoms with Crippen LogP contribution in [-0.4, -0.2) is 35.3 Å². The second-order valence-corrected chi connectivity index (χ2v) is 8.47. The Morgan fingerprint density at radius 1 is 1.21 bits per heavy atom. The second kappa shape index (κ2) is 7.72. The Kier molecular flexibility index (Phi) is 5.64. The summed E-state index contributed by atoms with van der Waals surface area (Å²) in [5, 5.41) is 9.24. The number of thiophene rings is 1. The fourth-order valence-electron chi connectivity index (χ4n) is 3.35. The lowest BCUT2D eigenvalue weighted by molar-refractivity contribution is -0.143. The molecule has 1 aromatic carbocycles. The van der Waals surface area contributed by atoms with Crippen LogP contribution in [0.15, 0.2) is 41.3 Å². The van der Waals surface area contributed by atoms with Crippen molar-refractivity contribution in [2.75, 3.05) is 19.3 Å². The molecule has 2 aromatic rings. The van der Waals surface area contributed by atoms with Crippen molar-refractivity contribution in [3.8, 4) is 0 Å². The number of nitrogens with zero attached hydrogens (tertiary/aromatic N) is 1. The van der Waals surface area contributed by atoms with E-state index in [9.17, 15) is 9.90 Å². The lowest BCUT2D eigenvalue weighted by Crippen LogP contribution is -2.39. The van der Waals surface area contributed by atoms with Crippen LogP contribution in [-0.2, 0) is 4.79 Å². The van der Waals surface area contributed by atoms with E-state index >= 15 is 0 Å². The van der Waals surface area contributed by atoms with Gasteiger partial charge in [-0.15, -0.1) is 23.1 Å². The van der Waals surface area contributed by atoms with Crippen molar-refractivity contribution in [1.29, 1.82) is 0 Å². The highest BCUT2D eigenvalue weighted by Gasteiger charge is 2.30. The van der Waals surface area contributed by atoms with Gasteiger partial charge in [-0.05, 0) is 68.9 Å². The molecule has 1 aromatic heterocycles. The molecular formula is C19H23NO2S2. The number of hydrogen-bond donors (Lipinski definition) is 1. The maximum Gasteiger partial charge on any atom is 0.306 e. The Labute approximate surface area is 151 Å². The summed E-state index contributed by atoms with van der Waals surface area (Å²) >= 11 is 3.59. The minimum atomic E-state index is -0.650. The summed E-state index contributed by atoms with van der Waals surface area (Å²) in [5.74, 6) is -0.840. The average molecular weight is 362 g/mol. The van der Waals surface area contributed by atoms with Crippen molar-refractivity contribution >= 4 is 29.1 Å². The fourth-order valence-corrected chi connectivity index (χ4v) is 4.80. The molecule has 1 fully saturated rings. The van der Waals surface area contributed by atoms with Gasteiger partial charge in [0, 0.05) is 14.6 Å². The second-order valence-electron chi connectivity index (χ2n) is 6.27. The van der Waals surface area contributed by atoms with E-state index in [1.54, 1.807) is 11.8 Å². The van der Waals surface area contributed by atoms with Gasteiger partial charge >= 0.3 is 5.97 Å². The first-order chi connectivity index (χ1) is 11.6. The topological polar surface area (TPSA) is 40.5 Å². The molecule has 1 saturated heterocycles. The Bertz CT molecular complexity index is 688. The summed E-state index contributed by atoms with van der Waals surface area (Å²) in [6, 6.07) is 13.4. The monoisotopic (exact) mass is 361 g/mol. The Morgan fingerprint density at radius 3 is 2.38 bits per heavy atom. The molecule has 1 N–H and O–H groups in total. The molecule has 5 heteroatoms. The van der Waals surface area contributed by atoms with Crippen LogP contribution < -0.4 is 0 Å². The fraction of sp³-hybridized carbons (Fsp3) is 0.421. The average Bonchev–Trinajstić information content (AvgIpc) is 3.02. The zero-order valence-corrected chi connectivity index (χ0v) is 15.7. The van der Waals surface area contributed by atoms with Gasteiger partial charge in [0.1, 0.15) is 0 Å². The SMILES string of the molecule is CSc1ccc(C(c2ccc(C)s2)N2CCC(C(=O)O)CC2)cc1. The third-order valence-corrected chi connectivity index (χ3v) is 6.50. The van der Waals surface area contributed by atoms with E-state index < -0.39 is 5.97 Å². The van der Waals surface area contributed by atoms with Crippen LogP contribution >= 0.6 is 23.1 Å². The van der Waals surface area contributed by atoms with Crippen LogP contribution in [0.4, 0.5) is 0 Å². The highest BCUT2D eigenvalue weighted by Crippen LogP contribution is 2.36. The Morgan fingerprint density at radius 2 is 1.88 bits per heavy atom. The Hall–Kier alpha value is -1.30. The summed E-state index contributed by atoms with van der Waals surface area (Å²) in [5.41, 5.74) is 1.29. The van der Waals surface area contributed by atoms with Crippen molar-refractivity contribution in [3.63, 3.8) is 0 Å². The van der Waals surface area contributed by atoms with E-state index in [0.29, 0.717) is 0 Å². The number of benzene rings is 1. The molecule has 0 radical (unpaired) electrons. The molecule has 128 valence electrons. The molecular weight excluding hydrogens is 338 g/mol. The number of rotatable bonds is 5. The summed E-state index contributed by atoms with van der Waals surface area (Å²) in [6.07, 6.45) is 3.56. The van der Waals surface area contributed by atoms with E-state index in [2.05, 4.69) is 54.5 Å². The number of carbonyl (C=O) groups is 1. The van der Waals surface area contributed by atoms with Gasteiger partial charge in [-0.3, -0.25) is 9.69 Å². The normalized spacial score (nSPS) is 17.8. The van der Waals surface area contributed by atoms with Gasteiger partial charge in [0.05, 0.1) is 12.0 Å². The van der Waals surface area contributed by atoms with Crippen LogP contribution in [0, 0.1) is 12.8 Å². The number of likely N-dealkylation sites (tertiary alicyclic amines) is 1. The quantitative estimate of drug-likeness (QED) is 0.786. The molecule has 0 bridgehead atoms. The molecule has 3 nitrogen and oxygen atoms in total. The van der Waals surface area contributed by atoms with Gasteiger partial charge < -0.3 is 5.11 Å². The summed E-state index contributed by atoms with van der Waals surface area (Å²) in [4.78, 5) is 17.6. The largest absolute Gasteiger partial charge is 0.481 e. The number of carboxylic acids is 1. The van der Waals surface area contributed by atoms with Crippen molar-refractivity contribution in [2.24, 2.45) is 5.92 Å². The molecule has 1 aliphatic rings. The van der Waals surface area contributed by atoms with Crippen LogP contribution in [0.3, 0.4) is 0 Å². The maximum absolute atomic E-state index is 11.2. The van der Waals surface area contributed by atoms with E-state index in [-0.39, 0.29) is 12.0 Å². The zero-order chi connectivity index (χ0) is 17.1. The highest BCUT2D eigenvalue weighted by atomic mass is 32.2. The van der Waals surface area contributed by atoms with Crippen LogP contribution in [0.1, 0.15) is 34.2 Å². The highest BCUT2D eigenvalue weighted by molar-refractivity contribution is 7.98. The van der Waals surface area contributed by atoms with Crippen molar-refractivity contribution < 1.29 is 9.90 Å². The zero-order valence-electron chi connectivity index (χ0n) is 14.1. The first-order valence-electron chi connectivity index (χ1n) is 8.25. The van der Waals surface area contributed by atoms with E-state index in [4.69, 9.17) is 0 Å². The van der Waals surface area contributed by atoms with Crippen molar-refractivity contribution in [2.45, 2.75) is 30.7 Å². The summed E-state index contributed by atoms with van der Waals surface area (Å²) in [7, 11) is 0. The number of hydrogen-bond acceptors (Lipinski definition) is 4. The predicted octanol–water partition coefficient (Wildman–Crippen LogP) is 4.66. The molecule has 3 rings (SSSR count).